The Labute approximate surface area is 150 Å². The number of thiazole rings is 1. The van der Waals surface area contributed by atoms with E-state index in [1.807, 2.05) is 31.2 Å². The number of nitrogen functional groups attached to an aromatic ring is 1. The predicted molar refractivity (Wildman–Crippen MR) is 101 cm³/mol. The van der Waals surface area contributed by atoms with Crippen LogP contribution in [0.25, 0.3) is 11.3 Å². The van der Waals surface area contributed by atoms with E-state index in [1.54, 1.807) is 19.2 Å². The Balaban J connectivity index is 1.88. The zero-order valence-corrected chi connectivity index (χ0v) is 15.3. The van der Waals surface area contributed by atoms with Crippen LogP contribution in [0.15, 0.2) is 53.4 Å². The van der Waals surface area contributed by atoms with Crippen molar-refractivity contribution in [1.82, 2.24) is 4.98 Å². The highest BCUT2D eigenvalue weighted by Crippen LogP contribution is 2.32. The van der Waals surface area contributed by atoms with E-state index in [0.717, 1.165) is 21.9 Å². The first-order valence-corrected chi connectivity index (χ1v) is 9.69. The lowest BCUT2D eigenvalue weighted by molar-refractivity contribution is 0.415. The monoisotopic (exact) mass is 375 g/mol. The molecule has 3 rings (SSSR count). The van der Waals surface area contributed by atoms with E-state index < -0.39 is 10.0 Å². The Bertz CT molecular complexity index is 979. The van der Waals surface area contributed by atoms with Crippen LogP contribution in [0.3, 0.4) is 0 Å². The van der Waals surface area contributed by atoms with Crippen molar-refractivity contribution in [1.29, 1.82) is 0 Å². The number of hydrogen-bond donors (Lipinski definition) is 2. The first kappa shape index (κ1) is 17.2. The highest BCUT2D eigenvalue weighted by Gasteiger charge is 2.18. The molecule has 1 heterocycles. The molecular formula is C17H17N3O3S2. The number of sulfonamides is 1. The van der Waals surface area contributed by atoms with Crippen molar-refractivity contribution < 1.29 is 13.2 Å². The van der Waals surface area contributed by atoms with Crippen LogP contribution < -0.4 is 15.2 Å². The van der Waals surface area contributed by atoms with Crippen LogP contribution in [-0.4, -0.2) is 20.5 Å². The molecule has 0 aliphatic carbocycles. The quantitative estimate of drug-likeness (QED) is 0.666. The number of hydrogen-bond acceptors (Lipinski definition) is 6. The van der Waals surface area contributed by atoms with Crippen molar-refractivity contribution >= 4 is 32.2 Å². The molecule has 0 saturated carbocycles. The van der Waals surface area contributed by atoms with Crippen molar-refractivity contribution in [2.45, 2.75) is 11.8 Å². The average Bonchev–Trinajstić information content (AvgIpc) is 2.95. The number of methoxy groups -OCH3 is 1. The van der Waals surface area contributed by atoms with Gasteiger partial charge in [-0.1, -0.05) is 0 Å². The molecule has 0 aliphatic rings. The molecule has 8 heteroatoms. The van der Waals surface area contributed by atoms with Gasteiger partial charge >= 0.3 is 0 Å². The maximum absolute atomic E-state index is 12.5. The third kappa shape index (κ3) is 3.75. The van der Waals surface area contributed by atoms with Crippen molar-refractivity contribution in [2.24, 2.45) is 0 Å². The van der Waals surface area contributed by atoms with Gasteiger partial charge in [-0.3, -0.25) is 4.72 Å². The van der Waals surface area contributed by atoms with Gasteiger partial charge in [0, 0.05) is 16.1 Å². The van der Waals surface area contributed by atoms with Gasteiger partial charge in [-0.2, -0.15) is 0 Å². The highest BCUT2D eigenvalue weighted by molar-refractivity contribution is 7.93. The molecule has 0 unspecified atom stereocenters. The van der Waals surface area contributed by atoms with Crippen molar-refractivity contribution in [3.8, 4) is 17.0 Å². The normalized spacial score (nSPS) is 11.3. The third-order valence-corrected chi connectivity index (χ3v) is 5.94. The number of nitrogens with two attached hydrogens (primary N) is 1. The second-order valence-electron chi connectivity index (χ2n) is 5.33. The predicted octanol–water partition coefficient (Wildman–Crippen LogP) is 3.51. The van der Waals surface area contributed by atoms with Crippen LogP contribution in [0.2, 0.25) is 0 Å². The lowest BCUT2D eigenvalue weighted by atomic mass is 10.1. The topological polar surface area (TPSA) is 94.3 Å². The summed E-state index contributed by atoms with van der Waals surface area (Å²) in [5, 5.41) is 0.320. The van der Waals surface area contributed by atoms with Gasteiger partial charge < -0.3 is 10.5 Å². The molecule has 0 bridgehead atoms. The molecule has 6 nitrogen and oxygen atoms in total. The summed E-state index contributed by atoms with van der Waals surface area (Å²) in [5.74, 6) is 0.751. The molecule has 3 N–H and O–H groups in total. The molecule has 0 saturated heterocycles. The van der Waals surface area contributed by atoms with E-state index in [4.69, 9.17) is 10.5 Å². The molecule has 130 valence electrons. The fourth-order valence-corrected chi connectivity index (χ4v) is 4.35. The third-order valence-electron chi connectivity index (χ3n) is 3.57. The molecule has 0 spiro atoms. The molecule has 0 atom stereocenters. The number of anilines is 2. The molecule has 0 radical (unpaired) electrons. The number of aryl methyl sites for hydroxylation is 1. The Morgan fingerprint density at radius 1 is 1.08 bits per heavy atom. The summed E-state index contributed by atoms with van der Waals surface area (Å²) in [7, 11) is -2.10. The zero-order chi connectivity index (χ0) is 18.0. The summed E-state index contributed by atoms with van der Waals surface area (Å²) < 4.78 is 32.6. The van der Waals surface area contributed by atoms with Crippen LogP contribution >= 0.6 is 11.3 Å². The first-order valence-electron chi connectivity index (χ1n) is 7.39. The largest absolute Gasteiger partial charge is 0.497 e. The van der Waals surface area contributed by atoms with E-state index >= 15 is 0 Å². The van der Waals surface area contributed by atoms with Gasteiger partial charge in [0.25, 0.3) is 10.0 Å². The summed E-state index contributed by atoms with van der Waals surface area (Å²) in [6, 6.07) is 13.5. The molecule has 0 fully saturated rings. The lowest BCUT2D eigenvalue weighted by Crippen LogP contribution is -2.12. The van der Waals surface area contributed by atoms with Crippen molar-refractivity contribution in [3.05, 3.63) is 53.4 Å². The van der Waals surface area contributed by atoms with Gasteiger partial charge in [0.15, 0.2) is 5.13 Å². The maximum Gasteiger partial charge on any atom is 0.263 e. The maximum atomic E-state index is 12.5. The van der Waals surface area contributed by atoms with E-state index in [-0.39, 0.29) is 4.90 Å². The van der Waals surface area contributed by atoms with Gasteiger partial charge in [-0.25, -0.2) is 13.4 Å². The number of nitrogens with one attached hydrogen (secondary N) is 1. The first-order chi connectivity index (χ1) is 11.9. The summed E-state index contributed by atoms with van der Waals surface area (Å²) >= 11 is 1.29. The number of benzene rings is 2. The lowest BCUT2D eigenvalue weighted by Gasteiger charge is -2.05. The SMILES string of the molecule is COc1ccc(-c2nc(NS(=O)(=O)c3ccc(N)cc3)sc2C)cc1. The van der Waals surface area contributed by atoms with Crippen LogP contribution in [0.5, 0.6) is 5.75 Å². The minimum absolute atomic E-state index is 0.139. The van der Waals surface area contributed by atoms with Crippen LogP contribution in [-0.2, 0) is 10.0 Å². The van der Waals surface area contributed by atoms with Crippen LogP contribution in [0, 0.1) is 6.92 Å². The fraction of sp³-hybridized carbons (Fsp3) is 0.118. The smallest absolute Gasteiger partial charge is 0.263 e. The molecule has 0 amide bonds. The summed E-state index contributed by atoms with van der Waals surface area (Å²) in [4.78, 5) is 5.48. The summed E-state index contributed by atoms with van der Waals surface area (Å²) in [6.45, 7) is 1.90. The van der Waals surface area contributed by atoms with E-state index in [2.05, 4.69) is 9.71 Å². The van der Waals surface area contributed by atoms with E-state index in [1.165, 1.54) is 23.5 Å². The highest BCUT2D eigenvalue weighted by atomic mass is 32.2. The van der Waals surface area contributed by atoms with Crippen molar-refractivity contribution in [2.75, 3.05) is 17.6 Å². The Hall–Kier alpha value is -2.58. The Morgan fingerprint density at radius 3 is 2.32 bits per heavy atom. The average molecular weight is 375 g/mol. The zero-order valence-electron chi connectivity index (χ0n) is 13.7. The number of nitrogens with zero attached hydrogens (tertiary/aromatic N) is 1. The fourth-order valence-electron chi connectivity index (χ4n) is 2.28. The minimum Gasteiger partial charge on any atom is -0.497 e. The van der Waals surface area contributed by atoms with E-state index in [0.29, 0.717) is 10.8 Å². The standard InChI is InChI=1S/C17H17N3O3S2/c1-11-16(12-3-7-14(23-2)8-4-12)19-17(24-11)20-25(21,22)15-9-5-13(18)6-10-15/h3-10H,18H2,1-2H3,(H,19,20). The number of aromatic nitrogens is 1. The summed E-state index contributed by atoms with van der Waals surface area (Å²) in [6.07, 6.45) is 0. The molecule has 2 aromatic carbocycles. The van der Waals surface area contributed by atoms with Gasteiger partial charge in [0.1, 0.15) is 5.75 Å². The second kappa shape index (κ2) is 6.73. The number of ether oxygens (including phenoxy) is 1. The molecule has 1 aromatic heterocycles. The van der Waals surface area contributed by atoms with Crippen LogP contribution in [0.1, 0.15) is 4.88 Å². The van der Waals surface area contributed by atoms with Crippen LogP contribution in [0.4, 0.5) is 10.8 Å². The summed E-state index contributed by atoms with van der Waals surface area (Å²) in [5.41, 5.74) is 7.74. The van der Waals surface area contributed by atoms with Crippen molar-refractivity contribution in [3.63, 3.8) is 0 Å². The van der Waals surface area contributed by atoms with Gasteiger partial charge in [-0.05, 0) is 55.5 Å². The minimum atomic E-state index is -3.70. The van der Waals surface area contributed by atoms with E-state index in [9.17, 15) is 8.42 Å². The Morgan fingerprint density at radius 2 is 1.72 bits per heavy atom. The van der Waals surface area contributed by atoms with Gasteiger partial charge in [0.2, 0.25) is 0 Å². The second-order valence-corrected chi connectivity index (χ2v) is 8.21. The van der Waals surface area contributed by atoms with Gasteiger partial charge in [0.05, 0.1) is 17.7 Å². The Kier molecular flexibility index (Phi) is 4.65. The number of rotatable bonds is 5. The van der Waals surface area contributed by atoms with Gasteiger partial charge in [-0.15, -0.1) is 11.3 Å². The molecular weight excluding hydrogens is 358 g/mol. The molecule has 25 heavy (non-hydrogen) atoms. The molecule has 0 aliphatic heterocycles. The molecule has 3 aromatic rings.